The molecule has 1 heterocycles. The predicted molar refractivity (Wildman–Crippen MR) is 91.4 cm³/mol. The van der Waals surface area contributed by atoms with E-state index in [0.29, 0.717) is 12.6 Å². The van der Waals surface area contributed by atoms with Gasteiger partial charge in [-0.05, 0) is 70.9 Å². The van der Waals surface area contributed by atoms with Crippen molar-refractivity contribution in [1.29, 1.82) is 0 Å². The van der Waals surface area contributed by atoms with E-state index in [1.807, 2.05) is 46.0 Å². The van der Waals surface area contributed by atoms with Gasteiger partial charge < -0.3 is 15.4 Å². The molecule has 2 N–H and O–H groups in total. The third-order valence-corrected chi connectivity index (χ3v) is 4.68. The van der Waals surface area contributed by atoms with Gasteiger partial charge in [0.15, 0.2) is 0 Å². The molecule has 0 fully saturated rings. The molecular weight excluding hydrogens is 296 g/mol. The number of ether oxygens (including phenoxy) is 1. The van der Waals surface area contributed by atoms with Crippen molar-refractivity contribution >= 4 is 17.4 Å². The van der Waals surface area contributed by atoms with Gasteiger partial charge in [-0.25, -0.2) is 4.79 Å². The molecule has 1 aliphatic carbocycles. The SMILES string of the molecule is CC(C)(CNC1CCCc2sccc21)NC(=O)OC(C)(C)C. The highest BCUT2D eigenvalue weighted by Crippen LogP contribution is 2.33. The lowest BCUT2D eigenvalue weighted by Crippen LogP contribution is -2.52. The molecule has 1 aromatic heterocycles. The van der Waals surface area contributed by atoms with Crippen molar-refractivity contribution in [3.05, 3.63) is 21.9 Å². The van der Waals surface area contributed by atoms with Crippen molar-refractivity contribution < 1.29 is 9.53 Å². The van der Waals surface area contributed by atoms with Crippen molar-refractivity contribution in [3.8, 4) is 0 Å². The molecule has 0 aromatic carbocycles. The summed E-state index contributed by atoms with van der Waals surface area (Å²) in [5, 5.41) is 8.73. The maximum absolute atomic E-state index is 11.9. The highest BCUT2D eigenvalue weighted by atomic mass is 32.1. The zero-order valence-corrected chi connectivity index (χ0v) is 15.1. The number of fused-ring (bicyclic) bond motifs is 1. The van der Waals surface area contributed by atoms with Crippen LogP contribution in [0.3, 0.4) is 0 Å². The number of hydrogen-bond donors (Lipinski definition) is 2. The lowest BCUT2D eigenvalue weighted by molar-refractivity contribution is 0.0470. The normalized spacial score (nSPS) is 18.7. The summed E-state index contributed by atoms with van der Waals surface area (Å²) in [5.41, 5.74) is 0.614. The summed E-state index contributed by atoms with van der Waals surface area (Å²) < 4.78 is 5.33. The Morgan fingerprint density at radius 2 is 2.09 bits per heavy atom. The molecule has 0 bridgehead atoms. The van der Waals surface area contributed by atoms with E-state index in [0.717, 1.165) is 6.42 Å². The Labute approximate surface area is 137 Å². The zero-order chi connectivity index (χ0) is 16.4. The first-order chi connectivity index (χ1) is 10.2. The van der Waals surface area contributed by atoms with Gasteiger partial charge in [0, 0.05) is 17.5 Å². The molecule has 0 saturated heterocycles. The fourth-order valence-electron chi connectivity index (χ4n) is 2.70. The van der Waals surface area contributed by atoms with E-state index in [2.05, 4.69) is 22.1 Å². The fourth-order valence-corrected chi connectivity index (χ4v) is 3.69. The Hall–Kier alpha value is -1.07. The first-order valence-electron chi connectivity index (χ1n) is 7.97. The van der Waals surface area contributed by atoms with Crippen LogP contribution < -0.4 is 10.6 Å². The van der Waals surface area contributed by atoms with Crippen molar-refractivity contribution in [2.75, 3.05) is 6.54 Å². The molecule has 1 aliphatic rings. The van der Waals surface area contributed by atoms with E-state index < -0.39 is 5.60 Å². The van der Waals surface area contributed by atoms with Crippen LogP contribution >= 0.6 is 11.3 Å². The molecule has 4 nitrogen and oxygen atoms in total. The average Bonchev–Trinajstić information content (AvgIpc) is 2.81. The minimum Gasteiger partial charge on any atom is -0.444 e. The van der Waals surface area contributed by atoms with Crippen LogP contribution in [0.4, 0.5) is 4.79 Å². The molecule has 2 rings (SSSR count). The summed E-state index contributed by atoms with van der Waals surface area (Å²) in [6.45, 7) is 10.4. The monoisotopic (exact) mass is 324 g/mol. The van der Waals surface area contributed by atoms with Gasteiger partial charge in [-0.2, -0.15) is 0 Å². The van der Waals surface area contributed by atoms with E-state index in [4.69, 9.17) is 4.74 Å². The minimum atomic E-state index is -0.470. The lowest BCUT2D eigenvalue weighted by atomic mass is 9.93. The first-order valence-corrected chi connectivity index (χ1v) is 8.85. The van der Waals surface area contributed by atoms with E-state index in [9.17, 15) is 4.79 Å². The molecule has 0 saturated carbocycles. The largest absolute Gasteiger partial charge is 0.444 e. The standard InChI is InChI=1S/C17H28N2O2S/c1-16(2,3)21-15(20)19-17(4,5)11-18-13-7-6-8-14-12(13)9-10-22-14/h9-10,13,18H,6-8,11H2,1-5H3,(H,19,20). The summed E-state index contributed by atoms with van der Waals surface area (Å²) in [7, 11) is 0. The second kappa shape index (κ2) is 6.59. The van der Waals surface area contributed by atoms with Crippen LogP contribution in [0, 0.1) is 0 Å². The Morgan fingerprint density at radius 1 is 1.36 bits per heavy atom. The Kier molecular flexibility index (Phi) is 5.17. The van der Waals surface area contributed by atoms with E-state index in [1.165, 1.54) is 23.3 Å². The molecule has 0 spiro atoms. The number of alkyl carbamates (subject to hydrolysis) is 1. The highest BCUT2D eigenvalue weighted by Gasteiger charge is 2.27. The summed E-state index contributed by atoms with van der Waals surface area (Å²) in [4.78, 5) is 13.4. The number of thiophene rings is 1. The van der Waals surface area contributed by atoms with Gasteiger partial charge in [0.2, 0.25) is 0 Å². The molecule has 22 heavy (non-hydrogen) atoms. The Bertz CT molecular complexity index is 517. The Morgan fingerprint density at radius 3 is 2.77 bits per heavy atom. The summed E-state index contributed by atoms with van der Waals surface area (Å²) >= 11 is 1.85. The highest BCUT2D eigenvalue weighted by molar-refractivity contribution is 7.10. The van der Waals surface area contributed by atoms with Crippen LogP contribution in [0.15, 0.2) is 11.4 Å². The predicted octanol–water partition coefficient (Wildman–Crippen LogP) is 4.02. The Balaban J connectivity index is 1.87. The molecular formula is C17H28N2O2S. The second-order valence-electron chi connectivity index (χ2n) is 7.64. The van der Waals surface area contributed by atoms with Crippen LogP contribution in [-0.4, -0.2) is 23.8 Å². The first kappa shape index (κ1) is 17.3. The third kappa shape index (κ3) is 4.99. The average molecular weight is 324 g/mol. The van der Waals surface area contributed by atoms with Crippen molar-refractivity contribution in [1.82, 2.24) is 10.6 Å². The van der Waals surface area contributed by atoms with E-state index in [-0.39, 0.29) is 11.6 Å². The van der Waals surface area contributed by atoms with Crippen LogP contribution in [0.1, 0.15) is 63.9 Å². The van der Waals surface area contributed by atoms with Crippen molar-refractivity contribution in [2.45, 2.75) is 71.1 Å². The molecule has 1 aromatic rings. The summed E-state index contributed by atoms with van der Waals surface area (Å²) in [5.74, 6) is 0. The van der Waals surface area contributed by atoms with Gasteiger partial charge in [0.05, 0.1) is 5.54 Å². The van der Waals surface area contributed by atoms with Gasteiger partial charge in [-0.3, -0.25) is 0 Å². The smallest absolute Gasteiger partial charge is 0.408 e. The number of rotatable bonds is 4. The number of nitrogens with one attached hydrogen (secondary N) is 2. The van der Waals surface area contributed by atoms with Crippen molar-refractivity contribution in [3.63, 3.8) is 0 Å². The van der Waals surface area contributed by atoms with Crippen LogP contribution in [0.5, 0.6) is 0 Å². The number of aryl methyl sites for hydroxylation is 1. The molecule has 5 heteroatoms. The van der Waals surface area contributed by atoms with Gasteiger partial charge in [0.25, 0.3) is 0 Å². The second-order valence-corrected chi connectivity index (χ2v) is 8.64. The molecule has 0 aliphatic heterocycles. The van der Waals surface area contributed by atoms with Crippen LogP contribution in [0.25, 0.3) is 0 Å². The van der Waals surface area contributed by atoms with Gasteiger partial charge >= 0.3 is 6.09 Å². The van der Waals surface area contributed by atoms with E-state index in [1.54, 1.807) is 0 Å². The van der Waals surface area contributed by atoms with Crippen LogP contribution in [0.2, 0.25) is 0 Å². The molecule has 124 valence electrons. The quantitative estimate of drug-likeness (QED) is 0.879. The molecule has 1 amide bonds. The zero-order valence-electron chi connectivity index (χ0n) is 14.3. The third-order valence-electron chi connectivity index (χ3n) is 3.68. The number of amides is 1. The number of carbonyl (C=O) groups excluding carboxylic acids is 1. The maximum atomic E-state index is 11.9. The molecule has 1 unspecified atom stereocenters. The topological polar surface area (TPSA) is 50.4 Å². The maximum Gasteiger partial charge on any atom is 0.408 e. The van der Waals surface area contributed by atoms with Crippen LogP contribution in [-0.2, 0) is 11.2 Å². The minimum absolute atomic E-state index is 0.351. The van der Waals surface area contributed by atoms with Gasteiger partial charge in [-0.1, -0.05) is 0 Å². The van der Waals surface area contributed by atoms with Gasteiger partial charge in [-0.15, -0.1) is 11.3 Å². The summed E-state index contributed by atoms with van der Waals surface area (Å²) in [6, 6.07) is 2.63. The number of hydrogen-bond acceptors (Lipinski definition) is 4. The fraction of sp³-hybridized carbons (Fsp3) is 0.706. The number of carbonyl (C=O) groups is 1. The lowest BCUT2D eigenvalue weighted by Gasteiger charge is -2.32. The van der Waals surface area contributed by atoms with Gasteiger partial charge in [0.1, 0.15) is 5.60 Å². The van der Waals surface area contributed by atoms with Crippen molar-refractivity contribution in [2.24, 2.45) is 0 Å². The molecule has 1 atom stereocenters. The summed E-state index contributed by atoms with van der Waals surface area (Å²) in [6.07, 6.45) is 3.22. The molecule has 0 radical (unpaired) electrons. The van der Waals surface area contributed by atoms with E-state index >= 15 is 0 Å².